The summed E-state index contributed by atoms with van der Waals surface area (Å²) in [6.07, 6.45) is 1.58. The third-order valence-corrected chi connectivity index (χ3v) is 6.86. The van der Waals surface area contributed by atoms with Gasteiger partial charge in [0.2, 0.25) is 0 Å². The van der Waals surface area contributed by atoms with Crippen molar-refractivity contribution < 1.29 is 31.8 Å². The van der Waals surface area contributed by atoms with Crippen molar-refractivity contribution in [1.82, 2.24) is 0 Å². The Morgan fingerprint density at radius 1 is 0.857 bits per heavy atom. The average molecular weight is 486 g/mol. The second-order valence-corrected chi connectivity index (χ2v) is 9.10. The number of benzene rings is 3. The van der Waals surface area contributed by atoms with Crippen LogP contribution >= 0.6 is 0 Å². The van der Waals surface area contributed by atoms with Gasteiger partial charge in [-0.15, -0.1) is 0 Å². The maximum atomic E-state index is 15.0. The maximum absolute atomic E-state index is 15.0. The highest BCUT2D eigenvalue weighted by atomic mass is 19.2. The molecule has 3 aromatic rings. The number of hydrogen-bond donors (Lipinski definition) is 1. The quantitative estimate of drug-likeness (QED) is 0.299. The predicted octanol–water partition coefficient (Wildman–Crippen LogP) is 7.52. The smallest absolute Gasteiger partial charge is 0.167 e. The Bertz CT molecular complexity index is 1330. The molecule has 2 aliphatic rings. The van der Waals surface area contributed by atoms with Crippen LogP contribution in [0, 0.1) is 29.1 Å². The van der Waals surface area contributed by atoms with Crippen LogP contribution in [0.5, 0.6) is 0 Å². The summed E-state index contributed by atoms with van der Waals surface area (Å²) in [7, 11) is 0. The number of ether oxygens (including phenoxy) is 1. The standard InChI is InChI=1S/C28H23F5O2/c1-14(34)18-8-9-20(26(31)25(18)30)16-4-2-15(3-5-16)19-7-6-17(12-23(19)29)21-10-11-22(24-13-35-24)28(33)27(21)32/h4,6-12,14-15,24,34H,2-3,5,13H2,1H3. The fraction of sp³-hybridized carbons (Fsp3) is 0.286. The summed E-state index contributed by atoms with van der Waals surface area (Å²) in [5.41, 5.74) is 1.46. The van der Waals surface area contributed by atoms with Gasteiger partial charge in [0.25, 0.3) is 0 Å². The van der Waals surface area contributed by atoms with E-state index in [0.29, 0.717) is 37.0 Å². The summed E-state index contributed by atoms with van der Waals surface area (Å²) in [6, 6.07) is 10.0. The summed E-state index contributed by atoms with van der Waals surface area (Å²) in [6.45, 7) is 1.72. The van der Waals surface area contributed by atoms with Crippen molar-refractivity contribution in [3.63, 3.8) is 0 Å². The minimum absolute atomic E-state index is 0.0266. The molecule has 0 aromatic heterocycles. The van der Waals surface area contributed by atoms with Crippen molar-refractivity contribution in [3.8, 4) is 11.1 Å². The van der Waals surface area contributed by atoms with Crippen molar-refractivity contribution in [2.45, 2.75) is 44.3 Å². The Hall–Kier alpha value is -3.03. The number of allylic oxidation sites excluding steroid dienone is 2. The molecule has 1 aliphatic heterocycles. The molecule has 2 nitrogen and oxygen atoms in total. The Morgan fingerprint density at radius 2 is 1.54 bits per heavy atom. The molecule has 3 atom stereocenters. The first-order valence-electron chi connectivity index (χ1n) is 11.5. The molecular weight excluding hydrogens is 463 g/mol. The second-order valence-electron chi connectivity index (χ2n) is 9.10. The van der Waals surface area contributed by atoms with Crippen LogP contribution in [0.3, 0.4) is 0 Å². The van der Waals surface area contributed by atoms with Crippen LogP contribution in [-0.2, 0) is 4.74 Å². The Kier molecular flexibility index (Phi) is 6.23. The van der Waals surface area contributed by atoms with Crippen molar-refractivity contribution in [2.75, 3.05) is 6.61 Å². The SMILES string of the molecule is CC(O)c1ccc(C2=CCC(c3ccc(-c4ccc(C5CO5)c(F)c4F)cc3F)CC2)c(F)c1F. The summed E-state index contributed by atoms with van der Waals surface area (Å²) in [5.74, 6) is -4.80. The van der Waals surface area contributed by atoms with Gasteiger partial charge in [0, 0.05) is 22.3 Å². The minimum Gasteiger partial charge on any atom is -0.389 e. The van der Waals surface area contributed by atoms with E-state index in [4.69, 9.17) is 4.74 Å². The number of hydrogen-bond acceptors (Lipinski definition) is 2. The van der Waals surface area contributed by atoms with Gasteiger partial charge in [-0.25, -0.2) is 22.0 Å². The van der Waals surface area contributed by atoms with Crippen LogP contribution < -0.4 is 0 Å². The van der Waals surface area contributed by atoms with Gasteiger partial charge in [-0.2, -0.15) is 0 Å². The Balaban J connectivity index is 1.36. The third kappa shape index (κ3) is 4.39. The van der Waals surface area contributed by atoms with Crippen molar-refractivity contribution >= 4 is 5.57 Å². The molecule has 1 fully saturated rings. The molecule has 0 amide bonds. The highest BCUT2D eigenvalue weighted by Crippen LogP contribution is 2.40. The van der Waals surface area contributed by atoms with Crippen LogP contribution in [0.4, 0.5) is 22.0 Å². The van der Waals surface area contributed by atoms with Gasteiger partial charge < -0.3 is 9.84 Å². The molecule has 1 saturated heterocycles. The van der Waals surface area contributed by atoms with E-state index >= 15 is 4.39 Å². The molecule has 0 radical (unpaired) electrons. The van der Waals surface area contributed by atoms with Crippen LogP contribution in [0.2, 0.25) is 0 Å². The molecule has 1 heterocycles. The largest absolute Gasteiger partial charge is 0.389 e. The Labute approximate surface area is 199 Å². The molecular formula is C28H23F5O2. The zero-order valence-electron chi connectivity index (χ0n) is 18.9. The molecule has 7 heteroatoms. The summed E-state index contributed by atoms with van der Waals surface area (Å²) < 4.78 is 77.9. The van der Waals surface area contributed by atoms with Gasteiger partial charge in [-0.1, -0.05) is 42.5 Å². The van der Waals surface area contributed by atoms with Crippen LogP contribution in [-0.4, -0.2) is 11.7 Å². The third-order valence-electron chi connectivity index (χ3n) is 6.86. The predicted molar refractivity (Wildman–Crippen MR) is 122 cm³/mol. The number of rotatable bonds is 5. The van der Waals surface area contributed by atoms with E-state index in [1.165, 1.54) is 37.3 Å². The van der Waals surface area contributed by atoms with Crippen LogP contribution in [0.15, 0.2) is 48.5 Å². The molecule has 5 rings (SSSR count). The first-order chi connectivity index (χ1) is 16.8. The molecule has 182 valence electrons. The van der Waals surface area contributed by atoms with Crippen molar-refractivity contribution in [2.24, 2.45) is 0 Å². The highest BCUT2D eigenvalue weighted by molar-refractivity contribution is 5.68. The van der Waals surface area contributed by atoms with E-state index in [-0.39, 0.29) is 33.7 Å². The lowest BCUT2D eigenvalue weighted by atomic mass is 9.81. The van der Waals surface area contributed by atoms with Gasteiger partial charge in [0.05, 0.1) is 12.7 Å². The second kappa shape index (κ2) is 9.21. The fourth-order valence-electron chi connectivity index (χ4n) is 4.79. The number of halogens is 5. The zero-order valence-corrected chi connectivity index (χ0v) is 18.9. The molecule has 1 aliphatic carbocycles. The van der Waals surface area contributed by atoms with Gasteiger partial charge in [0.1, 0.15) is 11.9 Å². The van der Waals surface area contributed by atoms with E-state index in [0.717, 1.165) is 0 Å². The lowest BCUT2D eigenvalue weighted by Crippen LogP contribution is -2.08. The number of aliphatic hydroxyl groups excluding tert-OH is 1. The molecule has 35 heavy (non-hydrogen) atoms. The molecule has 0 spiro atoms. The van der Waals surface area contributed by atoms with Crippen LogP contribution in [0.25, 0.3) is 16.7 Å². The lowest BCUT2D eigenvalue weighted by Gasteiger charge is -2.24. The van der Waals surface area contributed by atoms with Gasteiger partial charge >= 0.3 is 0 Å². The lowest BCUT2D eigenvalue weighted by molar-refractivity contribution is 0.192. The number of aliphatic hydroxyl groups is 1. The first kappa shape index (κ1) is 23.7. The molecule has 0 bridgehead atoms. The van der Waals surface area contributed by atoms with E-state index in [9.17, 15) is 22.7 Å². The van der Waals surface area contributed by atoms with E-state index in [1.54, 1.807) is 18.2 Å². The van der Waals surface area contributed by atoms with Crippen LogP contribution in [0.1, 0.15) is 66.6 Å². The van der Waals surface area contributed by atoms with Crippen molar-refractivity contribution in [1.29, 1.82) is 0 Å². The van der Waals surface area contributed by atoms with Gasteiger partial charge in [0.15, 0.2) is 23.3 Å². The summed E-state index contributed by atoms with van der Waals surface area (Å²) in [5, 5.41) is 9.57. The highest BCUT2D eigenvalue weighted by Gasteiger charge is 2.30. The summed E-state index contributed by atoms with van der Waals surface area (Å²) in [4.78, 5) is 0. The minimum atomic E-state index is -1.12. The fourth-order valence-corrected chi connectivity index (χ4v) is 4.79. The zero-order chi connectivity index (χ0) is 24.9. The van der Waals surface area contributed by atoms with Crippen molar-refractivity contribution in [3.05, 3.63) is 99.9 Å². The molecule has 3 aromatic carbocycles. The van der Waals surface area contributed by atoms with Gasteiger partial charge in [-0.3, -0.25) is 0 Å². The topological polar surface area (TPSA) is 32.8 Å². The average Bonchev–Trinajstić information content (AvgIpc) is 3.68. The maximum Gasteiger partial charge on any atom is 0.167 e. The molecule has 0 saturated carbocycles. The molecule has 3 unspecified atom stereocenters. The van der Waals surface area contributed by atoms with E-state index in [1.807, 2.05) is 0 Å². The summed E-state index contributed by atoms with van der Waals surface area (Å²) >= 11 is 0. The van der Waals surface area contributed by atoms with E-state index in [2.05, 4.69) is 0 Å². The first-order valence-corrected chi connectivity index (χ1v) is 11.5. The van der Waals surface area contributed by atoms with E-state index < -0.39 is 41.3 Å². The number of epoxide rings is 1. The molecule has 1 N–H and O–H groups in total. The normalized spacial score (nSPS) is 20.5. The monoisotopic (exact) mass is 486 g/mol. The Morgan fingerprint density at radius 3 is 2.17 bits per heavy atom. The van der Waals surface area contributed by atoms with Gasteiger partial charge in [-0.05, 0) is 54.9 Å².